The third-order valence-electron chi connectivity index (χ3n) is 5.32. The van der Waals surface area contributed by atoms with E-state index in [1.54, 1.807) is 14.2 Å². The number of carbonyl (C=O) groups excluding carboxylic acids is 3. The minimum absolute atomic E-state index is 0.00227. The number of hydrogen-bond donors (Lipinski definition) is 1. The number of rotatable bonds is 12. The summed E-state index contributed by atoms with van der Waals surface area (Å²) in [7, 11) is 3.22. The molecule has 0 spiro atoms. The fourth-order valence-corrected chi connectivity index (χ4v) is 3.34. The molecule has 1 fully saturated rings. The van der Waals surface area contributed by atoms with E-state index in [-0.39, 0.29) is 31.3 Å². The van der Waals surface area contributed by atoms with Crippen LogP contribution in [0, 0.1) is 5.92 Å². The van der Waals surface area contributed by atoms with E-state index in [4.69, 9.17) is 14.2 Å². The average molecular weight is 433 g/mol. The Balaban J connectivity index is 1.89. The molecular weight excluding hydrogens is 400 g/mol. The summed E-state index contributed by atoms with van der Waals surface area (Å²) in [5, 5.41) is 2.43. The Morgan fingerprint density at radius 1 is 1.19 bits per heavy atom. The van der Waals surface area contributed by atoms with Gasteiger partial charge in [0.2, 0.25) is 5.91 Å². The van der Waals surface area contributed by atoms with Gasteiger partial charge in [0.1, 0.15) is 0 Å². The monoisotopic (exact) mass is 432 g/mol. The minimum Gasteiger partial charge on any atom is -0.493 e. The van der Waals surface area contributed by atoms with Crippen molar-refractivity contribution in [2.45, 2.75) is 39.5 Å². The SMILES string of the molecule is CCC(=Cc1ccc(OC)c(OC)c1)CC(CC)COC(=O)CCN1C(=O)CNC1=O. The smallest absolute Gasteiger partial charge is 0.324 e. The van der Waals surface area contributed by atoms with Crippen LogP contribution in [0.25, 0.3) is 6.08 Å². The number of methoxy groups -OCH3 is 2. The summed E-state index contributed by atoms with van der Waals surface area (Å²) in [6, 6.07) is 5.33. The third kappa shape index (κ3) is 7.01. The van der Waals surface area contributed by atoms with E-state index in [2.05, 4.69) is 25.2 Å². The van der Waals surface area contributed by atoms with E-state index in [0.29, 0.717) is 18.1 Å². The zero-order valence-electron chi connectivity index (χ0n) is 18.7. The number of ether oxygens (including phenoxy) is 3. The number of benzene rings is 1. The second-order valence-corrected chi connectivity index (χ2v) is 7.39. The van der Waals surface area contributed by atoms with Gasteiger partial charge in [0.15, 0.2) is 11.5 Å². The highest BCUT2D eigenvalue weighted by Gasteiger charge is 2.28. The minimum atomic E-state index is -0.461. The molecule has 0 saturated carbocycles. The first-order chi connectivity index (χ1) is 14.9. The molecule has 0 aliphatic carbocycles. The Morgan fingerprint density at radius 2 is 1.94 bits per heavy atom. The van der Waals surface area contributed by atoms with Crippen LogP contribution in [0.3, 0.4) is 0 Å². The van der Waals surface area contributed by atoms with E-state index in [1.165, 1.54) is 5.57 Å². The third-order valence-corrected chi connectivity index (χ3v) is 5.32. The molecule has 1 N–H and O–H groups in total. The summed E-state index contributed by atoms with van der Waals surface area (Å²) in [5.41, 5.74) is 2.27. The number of imide groups is 1. The van der Waals surface area contributed by atoms with Gasteiger partial charge in [-0.3, -0.25) is 14.5 Å². The largest absolute Gasteiger partial charge is 0.493 e. The van der Waals surface area contributed by atoms with Crippen LogP contribution in [-0.2, 0) is 14.3 Å². The van der Waals surface area contributed by atoms with Crippen LogP contribution in [0.1, 0.15) is 45.1 Å². The quantitative estimate of drug-likeness (QED) is 0.402. The maximum absolute atomic E-state index is 12.1. The van der Waals surface area contributed by atoms with Gasteiger partial charge in [-0.1, -0.05) is 31.6 Å². The van der Waals surface area contributed by atoms with Crippen LogP contribution in [0.15, 0.2) is 23.8 Å². The lowest BCUT2D eigenvalue weighted by Crippen LogP contribution is -2.33. The molecule has 1 aromatic carbocycles. The molecule has 1 aliphatic rings. The Bertz CT molecular complexity index is 804. The Hall–Kier alpha value is -3.03. The first-order valence-corrected chi connectivity index (χ1v) is 10.6. The highest BCUT2D eigenvalue weighted by Crippen LogP contribution is 2.29. The summed E-state index contributed by atoms with van der Waals surface area (Å²) in [6.07, 6.45) is 4.68. The molecule has 3 amide bonds. The summed E-state index contributed by atoms with van der Waals surface area (Å²) in [5.74, 6) is 0.819. The standard InChI is InChI=1S/C23H32N2O6/c1-5-16(12-18-7-8-19(29-3)20(13-18)30-4)11-17(6-2)15-31-22(27)9-10-25-21(26)14-24-23(25)28/h7-8,12-13,17H,5-6,9-11,14-15H2,1-4H3,(H,24,28). The van der Waals surface area contributed by atoms with Crippen molar-refractivity contribution in [3.63, 3.8) is 0 Å². The van der Waals surface area contributed by atoms with Crippen LogP contribution < -0.4 is 14.8 Å². The first kappa shape index (κ1) is 24.2. The number of nitrogens with one attached hydrogen (secondary N) is 1. The van der Waals surface area contributed by atoms with Gasteiger partial charge in [0, 0.05) is 6.54 Å². The number of urea groups is 1. The maximum atomic E-state index is 12.1. The van der Waals surface area contributed by atoms with Crippen molar-refractivity contribution >= 4 is 24.0 Å². The Morgan fingerprint density at radius 3 is 2.52 bits per heavy atom. The van der Waals surface area contributed by atoms with Crippen molar-refractivity contribution in [3.05, 3.63) is 29.3 Å². The molecule has 1 heterocycles. The van der Waals surface area contributed by atoms with Gasteiger partial charge < -0.3 is 19.5 Å². The summed E-state index contributed by atoms with van der Waals surface area (Å²) in [4.78, 5) is 36.2. The number of nitrogens with zero attached hydrogens (tertiary/aromatic N) is 1. The van der Waals surface area contributed by atoms with E-state index < -0.39 is 12.0 Å². The van der Waals surface area contributed by atoms with Crippen LogP contribution in [-0.4, -0.2) is 56.7 Å². The van der Waals surface area contributed by atoms with Gasteiger partial charge in [0.05, 0.1) is 33.8 Å². The van der Waals surface area contributed by atoms with Crippen LogP contribution in [0.5, 0.6) is 11.5 Å². The second kappa shape index (κ2) is 12.0. The molecule has 1 unspecified atom stereocenters. The summed E-state index contributed by atoms with van der Waals surface area (Å²) < 4.78 is 16.1. The lowest BCUT2D eigenvalue weighted by atomic mass is 9.94. The first-order valence-electron chi connectivity index (χ1n) is 10.6. The fraction of sp³-hybridized carbons (Fsp3) is 0.522. The van der Waals surface area contributed by atoms with Crippen molar-refractivity contribution < 1.29 is 28.6 Å². The molecule has 2 rings (SSSR count). The van der Waals surface area contributed by atoms with Gasteiger partial charge in [-0.25, -0.2) is 4.79 Å². The number of carbonyl (C=O) groups is 3. The number of esters is 1. The molecule has 0 bridgehead atoms. The summed E-state index contributed by atoms with van der Waals surface area (Å²) in [6.45, 7) is 4.50. The van der Waals surface area contributed by atoms with Crippen molar-refractivity contribution in [2.75, 3.05) is 33.9 Å². The highest BCUT2D eigenvalue weighted by atomic mass is 16.5. The molecule has 0 aromatic heterocycles. The predicted octanol–water partition coefficient (Wildman–Crippen LogP) is 3.40. The van der Waals surface area contributed by atoms with Crippen LogP contribution in [0.2, 0.25) is 0 Å². The molecule has 8 heteroatoms. The molecule has 170 valence electrons. The molecule has 0 radical (unpaired) electrons. The lowest BCUT2D eigenvalue weighted by Gasteiger charge is -2.18. The molecular formula is C23H32N2O6. The van der Waals surface area contributed by atoms with Crippen molar-refractivity contribution in [2.24, 2.45) is 5.92 Å². The number of hydrogen-bond acceptors (Lipinski definition) is 6. The zero-order valence-corrected chi connectivity index (χ0v) is 18.7. The topological polar surface area (TPSA) is 94.2 Å². The van der Waals surface area contributed by atoms with Crippen molar-refractivity contribution in [1.29, 1.82) is 0 Å². The van der Waals surface area contributed by atoms with E-state index >= 15 is 0 Å². The van der Waals surface area contributed by atoms with E-state index in [0.717, 1.165) is 29.7 Å². The summed E-state index contributed by atoms with van der Waals surface area (Å²) >= 11 is 0. The molecule has 8 nitrogen and oxygen atoms in total. The Labute approximate surface area is 183 Å². The van der Waals surface area contributed by atoms with Crippen LogP contribution >= 0.6 is 0 Å². The van der Waals surface area contributed by atoms with Gasteiger partial charge >= 0.3 is 12.0 Å². The maximum Gasteiger partial charge on any atom is 0.324 e. The fourth-order valence-electron chi connectivity index (χ4n) is 3.34. The lowest BCUT2D eigenvalue weighted by molar-refractivity contribution is -0.145. The molecule has 1 saturated heterocycles. The zero-order chi connectivity index (χ0) is 22.8. The van der Waals surface area contributed by atoms with Gasteiger partial charge in [-0.15, -0.1) is 0 Å². The molecule has 31 heavy (non-hydrogen) atoms. The van der Waals surface area contributed by atoms with Gasteiger partial charge in [-0.05, 0) is 42.9 Å². The normalized spacial score (nSPS) is 15.0. The van der Waals surface area contributed by atoms with Crippen LogP contribution in [0.4, 0.5) is 4.79 Å². The molecule has 1 atom stereocenters. The predicted molar refractivity (Wildman–Crippen MR) is 117 cm³/mol. The van der Waals surface area contributed by atoms with Gasteiger partial charge in [-0.2, -0.15) is 0 Å². The van der Waals surface area contributed by atoms with E-state index in [1.807, 2.05) is 18.2 Å². The van der Waals surface area contributed by atoms with Gasteiger partial charge in [0.25, 0.3) is 0 Å². The molecule has 1 aromatic rings. The van der Waals surface area contributed by atoms with E-state index in [9.17, 15) is 14.4 Å². The van der Waals surface area contributed by atoms with Crippen molar-refractivity contribution in [3.8, 4) is 11.5 Å². The number of allylic oxidation sites excluding steroid dienone is 1. The second-order valence-electron chi connectivity index (χ2n) is 7.39. The van der Waals surface area contributed by atoms with Crippen molar-refractivity contribution in [1.82, 2.24) is 10.2 Å². The molecule has 1 aliphatic heterocycles. The number of amides is 3. The Kier molecular flexibility index (Phi) is 9.37. The average Bonchev–Trinajstić information content (AvgIpc) is 3.11. The highest BCUT2D eigenvalue weighted by molar-refractivity contribution is 6.02.